The summed E-state index contributed by atoms with van der Waals surface area (Å²) in [5, 5.41) is 1.38. The van der Waals surface area contributed by atoms with Crippen molar-refractivity contribution >= 4 is 28.7 Å². The van der Waals surface area contributed by atoms with Crippen molar-refractivity contribution in [2.75, 3.05) is 7.11 Å². The molecule has 0 saturated carbocycles. The molecule has 0 atom stereocenters. The SMILES string of the molecule is COCc1nc(-c2ccccc2Cl)sc1C(C)=O. The highest BCUT2D eigenvalue weighted by Gasteiger charge is 2.16. The minimum atomic E-state index is -0.00199. The average molecular weight is 282 g/mol. The van der Waals surface area contributed by atoms with E-state index in [9.17, 15) is 4.79 Å². The van der Waals surface area contributed by atoms with E-state index in [0.717, 1.165) is 10.6 Å². The molecule has 0 amide bonds. The Morgan fingerprint density at radius 1 is 1.44 bits per heavy atom. The molecule has 0 unspecified atom stereocenters. The molecule has 0 spiro atoms. The molecule has 0 fully saturated rings. The molecule has 94 valence electrons. The Morgan fingerprint density at radius 3 is 2.78 bits per heavy atom. The number of methoxy groups -OCH3 is 1. The van der Waals surface area contributed by atoms with Crippen LogP contribution in [0.25, 0.3) is 10.6 Å². The Balaban J connectivity index is 2.50. The van der Waals surface area contributed by atoms with Crippen molar-refractivity contribution in [3.8, 4) is 10.6 Å². The zero-order valence-corrected chi connectivity index (χ0v) is 11.6. The maximum Gasteiger partial charge on any atom is 0.171 e. The summed E-state index contributed by atoms with van der Waals surface area (Å²) >= 11 is 7.48. The summed E-state index contributed by atoms with van der Waals surface area (Å²) in [6, 6.07) is 7.46. The summed E-state index contributed by atoms with van der Waals surface area (Å²) in [5.74, 6) is -0.00199. The van der Waals surface area contributed by atoms with Crippen LogP contribution in [0.1, 0.15) is 22.3 Å². The zero-order chi connectivity index (χ0) is 13.1. The Kier molecular flexibility index (Phi) is 4.11. The van der Waals surface area contributed by atoms with E-state index in [2.05, 4.69) is 4.98 Å². The number of rotatable bonds is 4. The van der Waals surface area contributed by atoms with E-state index in [-0.39, 0.29) is 5.78 Å². The highest BCUT2D eigenvalue weighted by atomic mass is 35.5. The highest BCUT2D eigenvalue weighted by molar-refractivity contribution is 7.17. The molecule has 0 aliphatic carbocycles. The van der Waals surface area contributed by atoms with Crippen molar-refractivity contribution in [2.45, 2.75) is 13.5 Å². The number of hydrogen-bond acceptors (Lipinski definition) is 4. The molecule has 0 N–H and O–H groups in total. The minimum Gasteiger partial charge on any atom is -0.378 e. The van der Waals surface area contributed by atoms with Crippen LogP contribution in [-0.2, 0) is 11.3 Å². The smallest absolute Gasteiger partial charge is 0.171 e. The second-order valence-electron chi connectivity index (χ2n) is 3.76. The molecule has 5 heteroatoms. The highest BCUT2D eigenvalue weighted by Crippen LogP contribution is 2.33. The number of thiazole rings is 1. The number of aromatic nitrogens is 1. The Bertz CT molecular complexity index is 580. The molecule has 0 bridgehead atoms. The van der Waals surface area contributed by atoms with Gasteiger partial charge in [0, 0.05) is 19.6 Å². The van der Waals surface area contributed by atoms with Gasteiger partial charge in [-0.1, -0.05) is 29.8 Å². The van der Waals surface area contributed by atoms with Crippen molar-refractivity contribution < 1.29 is 9.53 Å². The van der Waals surface area contributed by atoms with Crippen molar-refractivity contribution in [1.29, 1.82) is 0 Å². The Hall–Kier alpha value is -1.23. The van der Waals surface area contributed by atoms with Crippen LogP contribution in [0.4, 0.5) is 0 Å². The number of Topliss-reactive ketones (excluding diaryl/α,β-unsaturated/α-hetero) is 1. The van der Waals surface area contributed by atoms with Gasteiger partial charge in [0.15, 0.2) is 5.78 Å². The second kappa shape index (κ2) is 5.61. The van der Waals surface area contributed by atoms with E-state index < -0.39 is 0 Å². The van der Waals surface area contributed by atoms with Crippen LogP contribution in [0.2, 0.25) is 5.02 Å². The van der Waals surface area contributed by atoms with Gasteiger partial charge in [0.05, 0.1) is 22.2 Å². The normalized spacial score (nSPS) is 10.6. The van der Waals surface area contributed by atoms with Crippen LogP contribution in [0.15, 0.2) is 24.3 Å². The lowest BCUT2D eigenvalue weighted by Gasteiger charge is -1.98. The van der Waals surface area contributed by atoms with Crippen molar-refractivity contribution in [3.63, 3.8) is 0 Å². The first-order valence-corrected chi connectivity index (χ1v) is 6.57. The fraction of sp³-hybridized carbons (Fsp3) is 0.231. The first-order chi connectivity index (χ1) is 8.63. The standard InChI is InChI=1S/C13H12ClNO2S/c1-8(16)12-11(7-17-2)15-13(18-12)9-5-3-4-6-10(9)14/h3-6H,7H2,1-2H3. The second-order valence-corrected chi connectivity index (χ2v) is 5.17. The molecule has 0 radical (unpaired) electrons. The summed E-state index contributed by atoms with van der Waals surface area (Å²) in [7, 11) is 1.58. The molecule has 0 aliphatic heterocycles. The first kappa shape index (κ1) is 13.2. The molecular weight excluding hydrogens is 270 g/mol. The summed E-state index contributed by atoms with van der Waals surface area (Å²) in [6.45, 7) is 1.86. The van der Waals surface area contributed by atoms with Crippen LogP contribution >= 0.6 is 22.9 Å². The van der Waals surface area contributed by atoms with Crippen molar-refractivity contribution in [2.24, 2.45) is 0 Å². The van der Waals surface area contributed by atoms with Crippen LogP contribution in [0.3, 0.4) is 0 Å². The van der Waals surface area contributed by atoms with E-state index in [1.165, 1.54) is 18.3 Å². The van der Waals surface area contributed by atoms with E-state index in [4.69, 9.17) is 16.3 Å². The molecule has 18 heavy (non-hydrogen) atoms. The topological polar surface area (TPSA) is 39.2 Å². The van der Waals surface area contributed by atoms with E-state index >= 15 is 0 Å². The van der Waals surface area contributed by atoms with Gasteiger partial charge < -0.3 is 4.74 Å². The van der Waals surface area contributed by atoms with Gasteiger partial charge in [-0.05, 0) is 6.07 Å². The monoisotopic (exact) mass is 281 g/mol. The van der Waals surface area contributed by atoms with Crippen molar-refractivity contribution in [3.05, 3.63) is 39.9 Å². The Morgan fingerprint density at radius 2 is 2.17 bits per heavy atom. The number of nitrogens with zero attached hydrogens (tertiary/aromatic N) is 1. The molecule has 1 aromatic heterocycles. The van der Waals surface area contributed by atoms with Gasteiger partial charge in [0.1, 0.15) is 5.01 Å². The zero-order valence-electron chi connectivity index (χ0n) is 10.1. The number of carbonyl (C=O) groups excluding carboxylic acids is 1. The summed E-state index contributed by atoms with van der Waals surface area (Å²) < 4.78 is 5.06. The number of carbonyl (C=O) groups is 1. The summed E-state index contributed by atoms with van der Waals surface area (Å²) in [5.41, 5.74) is 1.51. The first-order valence-electron chi connectivity index (χ1n) is 5.38. The van der Waals surface area contributed by atoms with E-state index in [1.54, 1.807) is 7.11 Å². The lowest BCUT2D eigenvalue weighted by molar-refractivity contribution is 0.101. The molecule has 0 aliphatic rings. The predicted octanol–water partition coefficient (Wildman–Crippen LogP) is 3.81. The van der Waals surface area contributed by atoms with Crippen LogP contribution in [-0.4, -0.2) is 17.9 Å². The molecule has 1 aromatic carbocycles. The largest absolute Gasteiger partial charge is 0.378 e. The average Bonchev–Trinajstić information content (AvgIpc) is 2.74. The summed E-state index contributed by atoms with van der Waals surface area (Å²) in [6.07, 6.45) is 0. The van der Waals surface area contributed by atoms with Crippen molar-refractivity contribution in [1.82, 2.24) is 4.98 Å². The fourth-order valence-electron chi connectivity index (χ4n) is 1.61. The third-order valence-electron chi connectivity index (χ3n) is 2.40. The maximum absolute atomic E-state index is 11.6. The van der Waals surface area contributed by atoms with Gasteiger partial charge in [-0.25, -0.2) is 4.98 Å². The molecule has 3 nitrogen and oxygen atoms in total. The number of ketones is 1. The van der Waals surface area contributed by atoms with Gasteiger partial charge in [-0.15, -0.1) is 11.3 Å². The predicted molar refractivity (Wildman–Crippen MR) is 73.3 cm³/mol. The van der Waals surface area contributed by atoms with Crippen LogP contribution in [0, 0.1) is 0 Å². The lowest BCUT2D eigenvalue weighted by Crippen LogP contribution is -1.97. The third-order valence-corrected chi connectivity index (χ3v) is 3.96. The number of hydrogen-bond donors (Lipinski definition) is 0. The van der Waals surface area contributed by atoms with E-state index in [1.807, 2.05) is 24.3 Å². The molecule has 1 heterocycles. The molecule has 2 rings (SSSR count). The Labute approximate surface area is 114 Å². The maximum atomic E-state index is 11.6. The van der Waals surface area contributed by atoms with Crippen LogP contribution in [0.5, 0.6) is 0 Å². The quantitative estimate of drug-likeness (QED) is 0.800. The van der Waals surface area contributed by atoms with Crippen LogP contribution < -0.4 is 0 Å². The van der Waals surface area contributed by atoms with Gasteiger partial charge in [-0.3, -0.25) is 4.79 Å². The fourth-order valence-corrected chi connectivity index (χ4v) is 2.90. The van der Waals surface area contributed by atoms with Gasteiger partial charge in [-0.2, -0.15) is 0 Å². The number of ether oxygens (including phenoxy) is 1. The number of benzene rings is 1. The van der Waals surface area contributed by atoms with Gasteiger partial charge >= 0.3 is 0 Å². The minimum absolute atomic E-state index is 0.00199. The van der Waals surface area contributed by atoms with E-state index in [0.29, 0.717) is 22.2 Å². The molecule has 0 saturated heterocycles. The molecule has 2 aromatic rings. The molecular formula is C13H12ClNO2S. The summed E-state index contributed by atoms with van der Waals surface area (Å²) in [4.78, 5) is 16.6. The van der Waals surface area contributed by atoms with Gasteiger partial charge in [0.2, 0.25) is 0 Å². The van der Waals surface area contributed by atoms with Gasteiger partial charge in [0.25, 0.3) is 0 Å². The number of halogens is 1. The lowest BCUT2D eigenvalue weighted by atomic mass is 10.2. The third kappa shape index (κ3) is 2.61.